The quantitative estimate of drug-likeness (QED) is 0.633. The van der Waals surface area contributed by atoms with E-state index in [2.05, 4.69) is 0 Å². The van der Waals surface area contributed by atoms with Crippen molar-refractivity contribution in [2.45, 2.75) is 13.3 Å². The van der Waals surface area contributed by atoms with Crippen molar-refractivity contribution < 1.29 is 13.6 Å². The monoisotopic (exact) mass is 192 g/mol. The number of amides is 1. The lowest BCUT2D eigenvalue weighted by Crippen LogP contribution is -2.49. The SMILES string of the molecule is CC(=O)N1CCN(CC(F)F)CC1. The van der Waals surface area contributed by atoms with Crippen LogP contribution >= 0.6 is 0 Å². The molecular weight excluding hydrogens is 178 g/mol. The zero-order valence-corrected chi connectivity index (χ0v) is 7.67. The van der Waals surface area contributed by atoms with Crippen LogP contribution < -0.4 is 0 Å². The number of alkyl halides is 2. The number of piperazine rings is 1. The highest BCUT2D eigenvalue weighted by atomic mass is 19.3. The fourth-order valence-electron chi connectivity index (χ4n) is 1.44. The second-order valence-corrected chi connectivity index (χ2v) is 3.20. The fraction of sp³-hybridized carbons (Fsp3) is 0.875. The van der Waals surface area contributed by atoms with Gasteiger partial charge in [-0.05, 0) is 0 Å². The summed E-state index contributed by atoms with van der Waals surface area (Å²) in [7, 11) is 0. The number of halogens is 2. The number of carbonyl (C=O) groups is 1. The van der Waals surface area contributed by atoms with Gasteiger partial charge in [-0.25, -0.2) is 8.78 Å². The predicted octanol–water partition coefficient (Wildman–Crippen LogP) is 0.416. The number of rotatable bonds is 2. The molecule has 0 N–H and O–H groups in total. The summed E-state index contributed by atoms with van der Waals surface area (Å²) < 4.78 is 23.9. The van der Waals surface area contributed by atoms with E-state index in [0.29, 0.717) is 26.2 Å². The van der Waals surface area contributed by atoms with Crippen LogP contribution in [0.3, 0.4) is 0 Å². The predicted molar refractivity (Wildman–Crippen MR) is 44.7 cm³/mol. The number of carbonyl (C=O) groups excluding carboxylic acids is 1. The molecule has 1 rings (SSSR count). The van der Waals surface area contributed by atoms with Gasteiger partial charge in [-0.1, -0.05) is 0 Å². The van der Waals surface area contributed by atoms with Crippen molar-refractivity contribution in [3.63, 3.8) is 0 Å². The molecular formula is C8H14F2N2O. The Bertz CT molecular complexity index is 179. The molecule has 76 valence electrons. The van der Waals surface area contributed by atoms with Crippen LogP contribution in [0.2, 0.25) is 0 Å². The molecule has 1 fully saturated rings. The zero-order chi connectivity index (χ0) is 9.84. The maximum Gasteiger partial charge on any atom is 0.251 e. The van der Waals surface area contributed by atoms with Crippen molar-refractivity contribution in [1.29, 1.82) is 0 Å². The van der Waals surface area contributed by atoms with E-state index in [-0.39, 0.29) is 12.5 Å². The van der Waals surface area contributed by atoms with E-state index < -0.39 is 6.43 Å². The van der Waals surface area contributed by atoms with Crippen LogP contribution in [0.5, 0.6) is 0 Å². The van der Waals surface area contributed by atoms with Gasteiger partial charge in [0.05, 0.1) is 6.54 Å². The van der Waals surface area contributed by atoms with Crippen LogP contribution in [-0.4, -0.2) is 54.9 Å². The van der Waals surface area contributed by atoms with Crippen molar-refractivity contribution in [2.75, 3.05) is 32.7 Å². The molecule has 0 aromatic heterocycles. The normalized spacial score (nSPS) is 19.5. The lowest BCUT2D eigenvalue weighted by molar-refractivity contribution is -0.130. The maximum absolute atomic E-state index is 12.0. The Kier molecular flexibility index (Phi) is 3.59. The highest BCUT2D eigenvalue weighted by molar-refractivity contribution is 5.73. The molecule has 1 aliphatic rings. The summed E-state index contributed by atoms with van der Waals surface area (Å²) in [5.41, 5.74) is 0. The molecule has 0 radical (unpaired) electrons. The van der Waals surface area contributed by atoms with E-state index in [0.717, 1.165) is 0 Å². The minimum absolute atomic E-state index is 0.0247. The average Bonchev–Trinajstić information content (AvgIpc) is 2.04. The van der Waals surface area contributed by atoms with Gasteiger partial charge in [-0.15, -0.1) is 0 Å². The minimum atomic E-state index is -2.27. The molecule has 1 saturated heterocycles. The van der Waals surface area contributed by atoms with Gasteiger partial charge in [-0.3, -0.25) is 9.69 Å². The molecule has 0 spiro atoms. The Balaban J connectivity index is 2.26. The maximum atomic E-state index is 12.0. The smallest absolute Gasteiger partial charge is 0.251 e. The van der Waals surface area contributed by atoms with Gasteiger partial charge in [0.15, 0.2) is 0 Å². The molecule has 13 heavy (non-hydrogen) atoms. The van der Waals surface area contributed by atoms with E-state index in [9.17, 15) is 13.6 Å². The van der Waals surface area contributed by atoms with E-state index >= 15 is 0 Å². The van der Waals surface area contributed by atoms with Crippen LogP contribution in [0.15, 0.2) is 0 Å². The molecule has 1 aliphatic heterocycles. The number of hydrogen-bond acceptors (Lipinski definition) is 2. The first-order chi connectivity index (χ1) is 6.09. The third-order valence-electron chi connectivity index (χ3n) is 2.21. The van der Waals surface area contributed by atoms with Crippen molar-refractivity contribution in [3.05, 3.63) is 0 Å². The Morgan fingerprint density at radius 3 is 2.23 bits per heavy atom. The Labute approximate surface area is 76.3 Å². The Hall–Kier alpha value is -0.710. The summed E-state index contributed by atoms with van der Waals surface area (Å²) in [4.78, 5) is 14.3. The molecule has 0 aliphatic carbocycles. The van der Waals surface area contributed by atoms with Crippen LogP contribution in [0.4, 0.5) is 8.78 Å². The minimum Gasteiger partial charge on any atom is -0.340 e. The molecule has 0 saturated carbocycles. The van der Waals surface area contributed by atoms with Crippen molar-refractivity contribution >= 4 is 5.91 Å². The van der Waals surface area contributed by atoms with Crippen LogP contribution in [0, 0.1) is 0 Å². The fourth-order valence-corrected chi connectivity index (χ4v) is 1.44. The third kappa shape index (κ3) is 3.26. The first-order valence-electron chi connectivity index (χ1n) is 4.35. The summed E-state index contributed by atoms with van der Waals surface area (Å²) in [5, 5.41) is 0. The first-order valence-corrected chi connectivity index (χ1v) is 4.35. The van der Waals surface area contributed by atoms with Crippen LogP contribution in [0.1, 0.15) is 6.92 Å². The van der Waals surface area contributed by atoms with Crippen molar-refractivity contribution in [1.82, 2.24) is 9.80 Å². The molecule has 0 bridgehead atoms. The molecule has 1 amide bonds. The van der Waals surface area contributed by atoms with Crippen LogP contribution in [-0.2, 0) is 4.79 Å². The molecule has 0 aromatic rings. The first kappa shape index (κ1) is 10.4. The highest BCUT2D eigenvalue weighted by Crippen LogP contribution is 2.04. The Morgan fingerprint density at radius 1 is 1.31 bits per heavy atom. The van der Waals surface area contributed by atoms with Gasteiger partial charge in [0.1, 0.15) is 0 Å². The summed E-state index contributed by atoms with van der Waals surface area (Å²) in [6.45, 7) is 3.59. The van der Waals surface area contributed by atoms with Gasteiger partial charge in [0, 0.05) is 33.1 Å². The summed E-state index contributed by atoms with van der Waals surface area (Å²) in [6, 6.07) is 0. The standard InChI is InChI=1S/C8H14F2N2O/c1-7(13)12-4-2-11(3-5-12)6-8(9)10/h8H,2-6H2,1H3. The Morgan fingerprint density at radius 2 is 1.85 bits per heavy atom. The van der Waals surface area contributed by atoms with E-state index in [4.69, 9.17) is 0 Å². The molecule has 0 aromatic carbocycles. The van der Waals surface area contributed by atoms with Gasteiger partial charge in [0.2, 0.25) is 5.91 Å². The molecule has 0 atom stereocenters. The molecule has 5 heteroatoms. The van der Waals surface area contributed by atoms with Crippen molar-refractivity contribution in [3.8, 4) is 0 Å². The number of hydrogen-bond donors (Lipinski definition) is 0. The largest absolute Gasteiger partial charge is 0.340 e. The molecule has 0 unspecified atom stereocenters. The lowest BCUT2D eigenvalue weighted by atomic mass is 10.3. The van der Waals surface area contributed by atoms with E-state index in [1.807, 2.05) is 0 Å². The van der Waals surface area contributed by atoms with Crippen molar-refractivity contribution in [2.24, 2.45) is 0 Å². The molecule has 3 nitrogen and oxygen atoms in total. The highest BCUT2D eigenvalue weighted by Gasteiger charge is 2.20. The summed E-state index contributed by atoms with van der Waals surface area (Å²) in [5.74, 6) is 0.0247. The van der Waals surface area contributed by atoms with E-state index in [1.54, 1.807) is 9.80 Å². The third-order valence-corrected chi connectivity index (χ3v) is 2.21. The van der Waals surface area contributed by atoms with Gasteiger partial charge >= 0.3 is 0 Å². The second-order valence-electron chi connectivity index (χ2n) is 3.20. The topological polar surface area (TPSA) is 23.6 Å². The second kappa shape index (κ2) is 4.50. The van der Waals surface area contributed by atoms with Gasteiger partial charge in [0.25, 0.3) is 6.43 Å². The molecule has 1 heterocycles. The summed E-state index contributed by atoms with van der Waals surface area (Å²) >= 11 is 0. The average molecular weight is 192 g/mol. The van der Waals surface area contributed by atoms with Gasteiger partial charge < -0.3 is 4.90 Å². The van der Waals surface area contributed by atoms with Gasteiger partial charge in [-0.2, -0.15) is 0 Å². The zero-order valence-electron chi connectivity index (χ0n) is 7.67. The van der Waals surface area contributed by atoms with Crippen LogP contribution in [0.25, 0.3) is 0 Å². The number of nitrogens with zero attached hydrogens (tertiary/aromatic N) is 2. The summed E-state index contributed by atoms with van der Waals surface area (Å²) in [6.07, 6.45) is -2.27. The van der Waals surface area contributed by atoms with E-state index in [1.165, 1.54) is 6.92 Å². The lowest BCUT2D eigenvalue weighted by Gasteiger charge is -2.33.